The van der Waals surface area contributed by atoms with Gasteiger partial charge in [-0.05, 0) is 19.8 Å². The molecule has 1 saturated heterocycles. The third kappa shape index (κ3) is 2.58. The van der Waals surface area contributed by atoms with E-state index < -0.39 is 0 Å². The van der Waals surface area contributed by atoms with Gasteiger partial charge in [-0.1, -0.05) is 0 Å². The Bertz CT molecular complexity index is 641. The summed E-state index contributed by atoms with van der Waals surface area (Å²) in [6, 6.07) is 1.85. The normalized spacial score (nSPS) is 18.0. The van der Waals surface area contributed by atoms with Gasteiger partial charge in [-0.15, -0.1) is 0 Å². The van der Waals surface area contributed by atoms with E-state index in [1.807, 2.05) is 20.0 Å². The van der Waals surface area contributed by atoms with E-state index in [9.17, 15) is 4.79 Å². The summed E-state index contributed by atoms with van der Waals surface area (Å²) >= 11 is 0. The number of carbonyl (C=O) groups is 1. The molecule has 1 aliphatic heterocycles. The van der Waals surface area contributed by atoms with Crippen LogP contribution in [0, 0.1) is 6.92 Å². The predicted molar refractivity (Wildman–Crippen MR) is 75.8 cm³/mol. The number of hydrogen-bond acceptors (Lipinski definition) is 6. The molecule has 0 saturated carbocycles. The van der Waals surface area contributed by atoms with Gasteiger partial charge in [0.25, 0.3) is 5.91 Å². The van der Waals surface area contributed by atoms with E-state index in [0.29, 0.717) is 12.4 Å². The lowest BCUT2D eigenvalue weighted by Gasteiger charge is -2.23. The minimum Gasteiger partial charge on any atom is -0.438 e. The highest BCUT2D eigenvalue weighted by atomic mass is 16.3. The van der Waals surface area contributed by atoms with Gasteiger partial charge in [0.2, 0.25) is 5.76 Å². The summed E-state index contributed by atoms with van der Waals surface area (Å²) in [7, 11) is 1.82. The lowest BCUT2D eigenvalue weighted by atomic mass is 10.1. The predicted octanol–water partition coefficient (Wildman–Crippen LogP) is 1.79. The smallest absolute Gasteiger partial charge is 0.291 e. The summed E-state index contributed by atoms with van der Waals surface area (Å²) in [4.78, 5) is 26.8. The molecule has 1 N–H and O–H groups in total. The molecule has 0 aliphatic carbocycles. The van der Waals surface area contributed by atoms with Crippen LogP contribution in [0.5, 0.6) is 0 Å². The van der Waals surface area contributed by atoms with Crippen molar-refractivity contribution in [2.24, 2.45) is 0 Å². The van der Waals surface area contributed by atoms with Gasteiger partial charge in [-0.2, -0.15) is 0 Å². The van der Waals surface area contributed by atoms with Crippen molar-refractivity contribution in [3.8, 4) is 0 Å². The van der Waals surface area contributed by atoms with Crippen LogP contribution in [0.4, 0.5) is 5.82 Å². The van der Waals surface area contributed by atoms with Gasteiger partial charge in [0.1, 0.15) is 11.6 Å². The first kappa shape index (κ1) is 13.5. The van der Waals surface area contributed by atoms with Gasteiger partial charge in [0.05, 0.1) is 17.9 Å². The molecule has 1 unspecified atom stereocenters. The molecule has 0 radical (unpaired) electrons. The molecule has 0 aromatic carbocycles. The van der Waals surface area contributed by atoms with E-state index in [0.717, 1.165) is 24.4 Å². The molecular weight excluding hydrogens is 270 g/mol. The molecule has 3 heterocycles. The lowest BCUT2D eigenvalue weighted by Crippen LogP contribution is -2.31. The maximum atomic E-state index is 12.5. The molecule has 2 aromatic rings. The Morgan fingerprint density at radius 3 is 3.05 bits per heavy atom. The van der Waals surface area contributed by atoms with Crippen LogP contribution in [0.3, 0.4) is 0 Å². The monoisotopic (exact) mass is 287 g/mol. The van der Waals surface area contributed by atoms with E-state index in [1.165, 1.54) is 12.6 Å². The van der Waals surface area contributed by atoms with Gasteiger partial charge in [-0.25, -0.2) is 15.0 Å². The second kappa shape index (κ2) is 5.51. The number of likely N-dealkylation sites (tertiary alicyclic amines) is 1. The molecule has 3 rings (SSSR count). The average molecular weight is 287 g/mol. The molecule has 7 nitrogen and oxygen atoms in total. The highest BCUT2D eigenvalue weighted by Crippen LogP contribution is 2.32. The summed E-state index contributed by atoms with van der Waals surface area (Å²) < 4.78 is 5.11. The topological polar surface area (TPSA) is 84.2 Å². The molecule has 1 atom stereocenters. The molecular formula is C14H17N5O2. The van der Waals surface area contributed by atoms with E-state index in [1.54, 1.807) is 4.90 Å². The van der Waals surface area contributed by atoms with Crippen LogP contribution < -0.4 is 5.32 Å². The Labute approximate surface area is 122 Å². The number of amides is 1. The van der Waals surface area contributed by atoms with Crippen molar-refractivity contribution in [1.29, 1.82) is 0 Å². The third-order valence-electron chi connectivity index (χ3n) is 3.61. The number of oxazole rings is 1. The number of rotatable bonds is 3. The van der Waals surface area contributed by atoms with Crippen molar-refractivity contribution in [1.82, 2.24) is 19.9 Å². The highest BCUT2D eigenvalue weighted by molar-refractivity contribution is 5.91. The zero-order chi connectivity index (χ0) is 14.8. The Morgan fingerprint density at radius 2 is 2.33 bits per heavy atom. The summed E-state index contributed by atoms with van der Waals surface area (Å²) in [5.74, 6) is 1.58. The first-order valence-electron chi connectivity index (χ1n) is 6.92. The van der Waals surface area contributed by atoms with Gasteiger partial charge < -0.3 is 14.6 Å². The first-order chi connectivity index (χ1) is 10.2. The van der Waals surface area contributed by atoms with E-state index in [-0.39, 0.29) is 17.7 Å². The number of carbonyl (C=O) groups excluding carboxylic acids is 1. The van der Waals surface area contributed by atoms with Crippen LogP contribution in [0.1, 0.15) is 41.0 Å². The molecule has 1 amide bonds. The van der Waals surface area contributed by atoms with Crippen molar-refractivity contribution >= 4 is 11.7 Å². The number of hydrogen-bond donors (Lipinski definition) is 1. The molecule has 2 aromatic heterocycles. The van der Waals surface area contributed by atoms with Crippen molar-refractivity contribution in [3.05, 3.63) is 35.9 Å². The quantitative estimate of drug-likeness (QED) is 0.926. The van der Waals surface area contributed by atoms with Crippen LogP contribution in [-0.2, 0) is 0 Å². The second-order valence-corrected chi connectivity index (χ2v) is 5.00. The minimum atomic E-state index is -0.141. The fraction of sp³-hybridized carbons (Fsp3) is 0.429. The van der Waals surface area contributed by atoms with Crippen LogP contribution in [-0.4, -0.2) is 39.4 Å². The van der Waals surface area contributed by atoms with E-state index in [4.69, 9.17) is 4.42 Å². The van der Waals surface area contributed by atoms with Gasteiger partial charge in [0, 0.05) is 19.7 Å². The van der Waals surface area contributed by atoms with Gasteiger partial charge in [0.15, 0.2) is 6.39 Å². The average Bonchev–Trinajstić information content (AvgIpc) is 3.17. The number of anilines is 1. The zero-order valence-electron chi connectivity index (χ0n) is 12.0. The summed E-state index contributed by atoms with van der Waals surface area (Å²) in [6.45, 7) is 2.55. The van der Waals surface area contributed by atoms with Gasteiger partial charge in [-0.3, -0.25) is 4.79 Å². The highest BCUT2D eigenvalue weighted by Gasteiger charge is 2.33. The number of nitrogens with zero attached hydrogens (tertiary/aromatic N) is 4. The maximum Gasteiger partial charge on any atom is 0.291 e. The Kier molecular flexibility index (Phi) is 3.55. The molecule has 1 fully saturated rings. The van der Waals surface area contributed by atoms with Crippen molar-refractivity contribution in [2.45, 2.75) is 25.8 Å². The van der Waals surface area contributed by atoms with E-state index in [2.05, 4.69) is 20.3 Å². The molecule has 7 heteroatoms. The first-order valence-corrected chi connectivity index (χ1v) is 6.92. The summed E-state index contributed by atoms with van der Waals surface area (Å²) in [5, 5.41) is 3.02. The van der Waals surface area contributed by atoms with Crippen LogP contribution in [0.2, 0.25) is 0 Å². The Hall–Kier alpha value is -2.44. The molecule has 1 aliphatic rings. The van der Waals surface area contributed by atoms with Crippen molar-refractivity contribution < 1.29 is 9.21 Å². The molecule has 0 spiro atoms. The van der Waals surface area contributed by atoms with Crippen molar-refractivity contribution in [3.63, 3.8) is 0 Å². The number of nitrogens with one attached hydrogen (secondary N) is 1. The standard InChI is InChI=1S/C14H17N5O2/c1-9-17-10(6-13(15-2)18-9)11-4-3-5-19(11)14(20)12-7-16-8-21-12/h6-8,11H,3-5H2,1-2H3,(H,15,17,18). The fourth-order valence-electron chi connectivity index (χ4n) is 2.67. The van der Waals surface area contributed by atoms with Crippen LogP contribution in [0.25, 0.3) is 0 Å². The zero-order valence-corrected chi connectivity index (χ0v) is 12.0. The van der Waals surface area contributed by atoms with Crippen molar-refractivity contribution in [2.75, 3.05) is 18.9 Å². The maximum absolute atomic E-state index is 12.5. The fourth-order valence-corrected chi connectivity index (χ4v) is 2.67. The SMILES string of the molecule is CNc1cc(C2CCCN2C(=O)c2cnco2)nc(C)n1. The Balaban J connectivity index is 1.90. The van der Waals surface area contributed by atoms with Gasteiger partial charge >= 0.3 is 0 Å². The molecule has 110 valence electrons. The minimum absolute atomic E-state index is 0.0450. The summed E-state index contributed by atoms with van der Waals surface area (Å²) in [6.07, 6.45) is 4.55. The number of aryl methyl sites for hydroxylation is 1. The lowest BCUT2D eigenvalue weighted by molar-refractivity contribution is 0.0700. The third-order valence-corrected chi connectivity index (χ3v) is 3.61. The summed E-state index contributed by atoms with van der Waals surface area (Å²) in [5.41, 5.74) is 0.859. The van der Waals surface area contributed by atoms with Crippen LogP contribution >= 0.6 is 0 Å². The molecule has 0 bridgehead atoms. The largest absolute Gasteiger partial charge is 0.438 e. The molecule has 21 heavy (non-hydrogen) atoms. The van der Waals surface area contributed by atoms with E-state index >= 15 is 0 Å². The Morgan fingerprint density at radius 1 is 1.48 bits per heavy atom. The second-order valence-electron chi connectivity index (χ2n) is 5.00. The number of aromatic nitrogens is 3. The van der Waals surface area contributed by atoms with Crippen LogP contribution in [0.15, 0.2) is 23.1 Å².